The summed E-state index contributed by atoms with van der Waals surface area (Å²) in [6.45, 7) is 0.458. The lowest BCUT2D eigenvalue weighted by molar-refractivity contribution is 0.0686. The van der Waals surface area contributed by atoms with Gasteiger partial charge in [-0.2, -0.15) is 0 Å². The number of carbonyl (C=O) groups is 3. The molecule has 164 valence electrons. The zero-order valence-electron chi connectivity index (χ0n) is 17.7. The minimum Gasteiger partial charge on any atom is -0.493 e. The molecule has 9 nitrogen and oxygen atoms in total. The summed E-state index contributed by atoms with van der Waals surface area (Å²) in [5.74, 6) is -2.35. The SMILES string of the molecule is COc1cc(CCN(C)C)c(C(=O)C(=O)c2ccc3c(c2C(=O)O)OCO3)cc1OC. The molecule has 0 amide bonds. The normalized spacial score (nSPS) is 12.0. The molecule has 0 radical (unpaired) electrons. The van der Waals surface area contributed by atoms with Gasteiger partial charge in [-0.1, -0.05) is 0 Å². The number of carboxylic acids is 1. The van der Waals surface area contributed by atoms with Gasteiger partial charge in [-0.15, -0.1) is 0 Å². The van der Waals surface area contributed by atoms with Crippen LogP contribution in [0.2, 0.25) is 0 Å². The van der Waals surface area contributed by atoms with Gasteiger partial charge in [-0.3, -0.25) is 9.59 Å². The van der Waals surface area contributed by atoms with Crippen LogP contribution in [0.3, 0.4) is 0 Å². The summed E-state index contributed by atoms with van der Waals surface area (Å²) < 4.78 is 21.0. The monoisotopic (exact) mass is 429 g/mol. The molecular formula is C22H23NO8. The second-order valence-corrected chi connectivity index (χ2v) is 7.10. The molecule has 2 aromatic rings. The summed E-state index contributed by atoms with van der Waals surface area (Å²) in [7, 11) is 6.68. The number of benzene rings is 2. The van der Waals surface area contributed by atoms with Crippen molar-refractivity contribution in [2.75, 3.05) is 41.7 Å². The Hall–Kier alpha value is -3.59. The number of likely N-dealkylation sites (N-methyl/N-ethyl adjacent to an activating group) is 1. The standard InChI is InChI=1S/C22H23NO8/c1-23(2)8-7-12-9-16(28-3)17(29-4)10-14(12)20(25)19(24)13-5-6-15-21(31-11-30-15)18(13)22(26)27/h5-6,9-10H,7-8,11H2,1-4H3,(H,26,27). The first kappa shape index (κ1) is 22.1. The van der Waals surface area contributed by atoms with Gasteiger partial charge in [0.25, 0.3) is 0 Å². The Morgan fingerprint density at radius 3 is 2.26 bits per heavy atom. The van der Waals surface area contributed by atoms with Crippen LogP contribution in [-0.4, -0.2) is 69.2 Å². The molecule has 0 saturated heterocycles. The van der Waals surface area contributed by atoms with Crippen molar-refractivity contribution in [1.29, 1.82) is 0 Å². The largest absolute Gasteiger partial charge is 0.493 e. The highest BCUT2D eigenvalue weighted by Gasteiger charge is 2.32. The Labute approximate surface area is 179 Å². The lowest BCUT2D eigenvalue weighted by Crippen LogP contribution is -2.22. The fourth-order valence-electron chi connectivity index (χ4n) is 3.30. The zero-order chi connectivity index (χ0) is 22.7. The van der Waals surface area contributed by atoms with E-state index in [9.17, 15) is 19.5 Å². The first-order valence-electron chi connectivity index (χ1n) is 9.43. The third-order valence-corrected chi connectivity index (χ3v) is 4.89. The van der Waals surface area contributed by atoms with Gasteiger partial charge in [0.15, 0.2) is 23.0 Å². The average Bonchev–Trinajstić information content (AvgIpc) is 3.23. The van der Waals surface area contributed by atoms with Gasteiger partial charge in [0.2, 0.25) is 18.4 Å². The van der Waals surface area contributed by atoms with Crippen molar-refractivity contribution < 1.29 is 38.4 Å². The molecule has 0 fully saturated rings. The van der Waals surface area contributed by atoms with E-state index < -0.39 is 23.1 Å². The van der Waals surface area contributed by atoms with E-state index in [4.69, 9.17) is 18.9 Å². The van der Waals surface area contributed by atoms with E-state index in [0.717, 1.165) is 0 Å². The molecule has 1 N–H and O–H groups in total. The lowest BCUT2D eigenvalue weighted by Gasteiger charge is -2.16. The van der Waals surface area contributed by atoms with E-state index in [1.807, 2.05) is 19.0 Å². The number of hydrogen-bond acceptors (Lipinski definition) is 8. The summed E-state index contributed by atoms with van der Waals surface area (Å²) in [5, 5.41) is 9.64. The van der Waals surface area contributed by atoms with E-state index in [0.29, 0.717) is 24.3 Å². The molecule has 1 aliphatic rings. The average molecular weight is 429 g/mol. The number of aromatic carboxylic acids is 1. The number of ketones is 2. The van der Waals surface area contributed by atoms with Crippen molar-refractivity contribution in [3.8, 4) is 23.0 Å². The van der Waals surface area contributed by atoms with Crippen LogP contribution in [-0.2, 0) is 6.42 Å². The maximum atomic E-state index is 13.2. The van der Waals surface area contributed by atoms with Gasteiger partial charge < -0.3 is 29.0 Å². The number of hydrogen-bond donors (Lipinski definition) is 1. The summed E-state index contributed by atoms with van der Waals surface area (Å²) in [5.41, 5.74) is 0.0413. The van der Waals surface area contributed by atoms with Gasteiger partial charge in [-0.05, 0) is 50.3 Å². The van der Waals surface area contributed by atoms with Gasteiger partial charge in [-0.25, -0.2) is 4.79 Å². The van der Waals surface area contributed by atoms with Gasteiger partial charge in [0, 0.05) is 17.7 Å². The lowest BCUT2D eigenvalue weighted by atomic mass is 9.92. The number of fused-ring (bicyclic) bond motifs is 1. The highest BCUT2D eigenvalue weighted by Crippen LogP contribution is 2.38. The zero-order valence-corrected chi connectivity index (χ0v) is 17.7. The maximum absolute atomic E-state index is 13.2. The quantitative estimate of drug-likeness (QED) is 0.474. The number of methoxy groups -OCH3 is 2. The van der Waals surface area contributed by atoms with Crippen molar-refractivity contribution in [1.82, 2.24) is 4.90 Å². The molecule has 9 heteroatoms. The number of carboxylic acid groups (broad SMARTS) is 1. The molecule has 31 heavy (non-hydrogen) atoms. The molecule has 0 aromatic heterocycles. The summed E-state index contributed by atoms with van der Waals surface area (Å²) >= 11 is 0. The number of ether oxygens (including phenoxy) is 4. The summed E-state index contributed by atoms with van der Waals surface area (Å²) in [6.07, 6.45) is 0.467. The van der Waals surface area contributed by atoms with Crippen LogP contribution < -0.4 is 18.9 Å². The molecule has 0 aliphatic carbocycles. The highest BCUT2D eigenvalue weighted by molar-refractivity contribution is 6.50. The van der Waals surface area contributed by atoms with Crippen LogP contribution in [0.15, 0.2) is 24.3 Å². The topological polar surface area (TPSA) is 112 Å². The van der Waals surface area contributed by atoms with Crippen LogP contribution in [0.4, 0.5) is 0 Å². The van der Waals surface area contributed by atoms with Crippen LogP contribution in [0.5, 0.6) is 23.0 Å². The molecule has 1 heterocycles. The van der Waals surface area contributed by atoms with Crippen molar-refractivity contribution in [3.63, 3.8) is 0 Å². The Kier molecular flexibility index (Phi) is 6.45. The third-order valence-electron chi connectivity index (χ3n) is 4.89. The second kappa shape index (κ2) is 9.05. The van der Waals surface area contributed by atoms with Gasteiger partial charge in [0.1, 0.15) is 5.56 Å². The van der Waals surface area contributed by atoms with Gasteiger partial charge in [0.05, 0.1) is 14.2 Å². The Bertz CT molecular complexity index is 1040. The molecule has 0 spiro atoms. The van der Waals surface area contributed by atoms with E-state index in [1.165, 1.54) is 32.4 Å². The van der Waals surface area contributed by atoms with E-state index in [1.54, 1.807) is 6.07 Å². The molecule has 3 rings (SSSR count). The number of Topliss-reactive ketones (excluding diaryl/α,β-unsaturated/α-hetero) is 2. The molecule has 0 unspecified atom stereocenters. The molecule has 0 saturated carbocycles. The summed E-state index contributed by atoms with van der Waals surface area (Å²) in [4.78, 5) is 40.1. The highest BCUT2D eigenvalue weighted by atomic mass is 16.7. The number of rotatable bonds is 9. The summed E-state index contributed by atoms with van der Waals surface area (Å²) in [6, 6.07) is 5.77. The molecule has 0 atom stereocenters. The molecule has 1 aliphatic heterocycles. The molecule has 0 bridgehead atoms. The van der Waals surface area contributed by atoms with Crippen LogP contribution in [0, 0.1) is 0 Å². The fraction of sp³-hybridized carbons (Fsp3) is 0.318. The number of carbonyl (C=O) groups excluding carboxylic acids is 2. The fourth-order valence-corrected chi connectivity index (χ4v) is 3.30. The Balaban J connectivity index is 2.08. The predicted octanol–water partition coefficient (Wildman–Crippen LogP) is 2.30. The van der Waals surface area contributed by atoms with E-state index >= 15 is 0 Å². The van der Waals surface area contributed by atoms with Crippen LogP contribution in [0.25, 0.3) is 0 Å². The van der Waals surface area contributed by atoms with Crippen molar-refractivity contribution >= 4 is 17.5 Å². The van der Waals surface area contributed by atoms with Crippen molar-refractivity contribution in [3.05, 3.63) is 46.5 Å². The smallest absolute Gasteiger partial charge is 0.340 e. The van der Waals surface area contributed by atoms with Crippen LogP contribution in [0.1, 0.15) is 36.6 Å². The molecular weight excluding hydrogens is 406 g/mol. The van der Waals surface area contributed by atoms with E-state index in [2.05, 4.69) is 0 Å². The third kappa shape index (κ3) is 4.31. The molecule has 2 aromatic carbocycles. The van der Waals surface area contributed by atoms with Crippen LogP contribution >= 0.6 is 0 Å². The first-order valence-corrected chi connectivity index (χ1v) is 9.43. The van der Waals surface area contributed by atoms with E-state index in [-0.39, 0.29) is 35.2 Å². The van der Waals surface area contributed by atoms with Crippen molar-refractivity contribution in [2.24, 2.45) is 0 Å². The first-order chi connectivity index (χ1) is 14.8. The van der Waals surface area contributed by atoms with Gasteiger partial charge >= 0.3 is 5.97 Å². The number of nitrogens with zero attached hydrogens (tertiary/aromatic N) is 1. The van der Waals surface area contributed by atoms with Crippen molar-refractivity contribution in [2.45, 2.75) is 6.42 Å². The maximum Gasteiger partial charge on any atom is 0.340 e. The predicted molar refractivity (Wildman–Crippen MR) is 110 cm³/mol. The minimum atomic E-state index is -1.39. The Morgan fingerprint density at radius 2 is 1.65 bits per heavy atom. The second-order valence-electron chi connectivity index (χ2n) is 7.10. The minimum absolute atomic E-state index is 0.0636. The Morgan fingerprint density at radius 1 is 1.00 bits per heavy atom.